The van der Waals surface area contributed by atoms with E-state index in [-0.39, 0.29) is 6.61 Å². The van der Waals surface area contributed by atoms with Gasteiger partial charge in [-0.2, -0.15) is 0 Å². The molecule has 1 aromatic rings. The van der Waals surface area contributed by atoms with Crippen LogP contribution in [0.15, 0.2) is 24.3 Å². The molecule has 4 nitrogen and oxygen atoms in total. The number of aryl methyl sites for hydroxylation is 1. The highest BCUT2D eigenvalue weighted by Crippen LogP contribution is 2.11. The van der Waals surface area contributed by atoms with Crippen LogP contribution in [0.4, 0.5) is 0 Å². The third-order valence-electron chi connectivity index (χ3n) is 1.70. The van der Waals surface area contributed by atoms with Gasteiger partial charge < -0.3 is 4.74 Å². The molecule has 2 N–H and O–H groups in total. The normalized spacial score (nSPS) is 10.1. The standard InChI is InChI=1S/C10H15NO3/c1-9-3-2-4-10(7-9)13-8-11-5-6-14-12/h2-4,7,11-12H,5-6,8H2,1H3. The third kappa shape index (κ3) is 4.23. The predicted molar refractivity (Wildman–Crippen MR) is 53.3 cm³/mol. The quantitative estimate of drug-likeness (QED) is 0.313. The lowest BCUT2D eigenvalue weighted by Gasteiger charge is -2.07. The smallest absolute Gasteiger partial charge is 0.139 e. The molecule has 0 atom stereocenters. The van der Waals surface area contributed by atoms with Crippen molar-refractivity contribution in [3.05, 3.63) is 29.8 Å². The van der Waals surface area contributed by atoms with Crippen molar-refractivity contribution in [1.29, 1.82) is 0 Å². The van der Waals surface area contributed by atoms with Gasteiger partial charge in [-0.15, -0.1) is 0 Å². The molecule has 0 fully saturated rings. The molecular formula is C10H15NO3. The maximum absolute atomic E-state index is 8.04. The van der Waals surface area contributed by atoms with Crippen LogP contribution in [-0.4, -0.2) is 25.1 Å². The molecule has 14 heavy (non-hydrogen) atoms. The Labute approximate surface area is 83.4 Å². The minimum Gasteiger partial charge on any atom is -0.478 e. The Hall–Kier alpha value is -1.10. The van der Waals surface area contributed by atoms with E-state index in [9.17, 15) is 0 Å². The van der Waals surface area contributed by atoms with Gasteiger partial charge in [0, 0.05) is 6.54 Å². The summed E-state index contributed by atoms with van der Waals surface area (Å²) in [6.45, 7) is 3.24. The third-order valence-corrected chi connectivity index (χ3v) is 1.70. The molecule has 0 heterocycles. The van der Waals surface area contributed by atoms with Crippen molar-refractivity contribution in [3.8, 4) is 5.75 Å². The molecular weight excluding hydrogens is 182 g/mol. The van der Waals surface area contributed by atoms with Gasteiger partial charge in [0.05, 0.1) is 6.61 Å². The first-order valence-corrected chi connectivity index (χ1v) is 4.49. The molecule has 0 aliphatic rings. The summed E-state index contributed by atoms with van der Waals surface area (Å²) in [6.07, 6.45) is 0. The molecule has 4 heteroatoms. The number of benzene rings is 1. The molecule has 0 aliphatic heterocycles. The molecule has 1 rings (SSSR count). The van der Waals surface area contributed by atoms with Crippen LogP contribution in [0.3, 0.4) is 0 Å². The highest BCUT2D eigenvalue weighted by Gasteiger charge is 1.92. The van der Waals surface area contributed by atoms with Crippen molar-refractivity contribution in [2.45, 2.75) is 6.92 Å². The van der Waals surface area contributed by atoms with E-state index in [0.29, 0.717) is 13.3 Å². The van der Waals surface area contributed by atoms with Crippen molar-refractivity contribution >= 4 is 0 Å². The minimum absolute atomic E-state index is 0.261. The van der Waals surface area contributed by atoms with Gasteiger partial charge in [0.1, 0.15) is 12.5 Å². The largest absolute Gasteiger partial charge is 0.478 e. The minimum atomic E-state index is 0.261. The topological polar surface area (TPSA) is 50.7 Å². The number of hydrogen-bond donors (Lipinski definition) is 2. The summed E-state index contributed by atoms with van der Waals surface area (Å²) in [5, 5.41) is 11.0. The van der Waals surface area contributed by atoms with Crippen LogP contribution < -0.4 is 10.1 Å². The fourth-order valence-corrected chi connectivity index (χ4v) is 1.03. The number of ether oxygens (including phenoxy) is 1. The van der Waals surface area contributed by atoms with Crippen LogP contribution >= 0.6 is 0 Å². The second kappa shape index (κ2) is 6.37. The van der Waals surface area contributed by atoms with E-state index in [0.717, 1.165) is 5.75 Å². The van der Waals surface area contributed by atoms with Crippen molar-refractivity contribution in [3.63, 3.8) is 0 Å². The molecule has 0 saturated carbocycles. The Morgan fingerprint density at radius 3 is 3.00 bits per heavy atom. The van der Waals surface area contributed by atoms with Crippen molar-refractivity contribution in [2.24, 2.45) is 0 Å². The molecule has 0 saturated heterocycles. The summed E-state index contributed by atoms with van der Waals surface area (Å²) >= 11 is 0. The molecule has 1 aromatic carbocycles. The van der Waals surface area contributed by atoms with Crippen molar-refractivity contribution < 1.29 is 14.9 Å². The highest BCUT2D eigenvalue weighted by molar-refractivity contribution is 5.27. The second-order valence-corrected chi connectivity index (χ2v) is 2.94. The van der Waals surface area contributed by atoms with Gasteiger partial charge in [0.2, 0.25) is 0 Å². The van der Waals surface area contributed by atoms with Crippen LogP contribution in [0.25, 0.3) is 0 Å². The monoisotopic (exact) mass is 197 g/mol. The predicted octanol–water partition coefficient (Wildman–Crippen LogP) is 1.41. The zero-order chi connectivity index (χ0) is 10.2. The molecule has 0 aromatic heterocycles. The molecule has 0 spiro atoms. The van der Waals surface area contributed by atoms with E-state index in [1.807, 2.05) is 31.2 Å². The molecule has 0 unspecified atom stereocenters. The first-order chi connectivity index (χ1) is 6.83. The van der Waals surface area contributed by atoms with Crippen LogP contribution in [0.5, 0.6) is 5.75 Å². The van der Waals surface area contributed by atoms with Gasteiger partial charge in [-0.3, -0.25) is 10.6 Å². The molecule has 0 amide bonds. The van der Waals surface area contributed by atoms with E-state index < -0.39 is 0 Å². The van der Waals surface area contributed by atoms with Crippen molar-refractivity contribution in [1.82, 2.24) is 5.32 Å². The number of rotatable bonds is 6. The van der Waals surface area contributed by atoms with Crippen LogP contribution in [0.2, 0.25) is 0 Å². The summed E-state index contributed by atoms with van der Waals surface area (Å²) in [4.78, 5) is 3.90. The zero-order valence-electron chi connectivity index (χ0n) is 8.19. The van der Waals surface area contributed by atoms with Crippen LogP contribution in [0.1, 0.15) is 5.56 Å². The van der Waals surface area contributed by atoms with E-state index in [2.05, 4.69) is 10.2 Å². The number of nitrogens with one attached hydrogen (secondary N) is 1. The lowest BCUT2D eigenvalue weighted by Crippen LogP contribution is -2.24. The van der Waals surface area contributed by atoms with Crippen LogP contribution in [-0.2, 0) is 4.89 Å². The second-order valence-electron chi connectivity index (χ2n) is 2.94. The van der Waals surface area contributed by atoms with Crippen molar-refractivity contribution in [2.75, 3.05) is 19.9 Å². The zero-order valence-corrected chi connectivity index (χ0v) is 8.19. The average Bonchev–Trinajstić information content (AvgIpc) is 2.18. The first-order valence-electron chi connectivity index (χ1n) is 4.49. The summed E-state index contributed by atoms with van der Waals surface area (Å²) in [6, 6.07) is 7.82. The summed E-state index contributed by atoms with van der Waals surface area (Å²) in [7, 11) is 0. The molecule has 0 bridgehead atoms. The Kier molecular flexibility index (Phi) is 4.99. The van der Waals surface area contributed by atoms with Gasteiger partial charge >= 0.3 is 0 Å². The Balaban J connectivity index is 2.18. The summed E-state index contributed by atoms with van der Waals surface area (Å²) in [5.74, 6) is 0.836. The Bertz CT molecular complexity index is 265. The average molecular weight is 197 g/mol. The summed E-state index contributed by atoms with van der Waals surface area (Å²) < 4.78 is 5.39. The highest BCUT2D eigenvalue weighted by atomic mass is 17.1. The number of hydrogen-bond acceptors (Lipinski definition) is 4. The maximum atomic E-state index is 8.04. The first kappa shape index (κ1) is 11.0. The Morgan fingerprint density at radius 2 is 2.29 bits per heavy atom. The lowest BCUT2D eigenvalue weighted by molar-refractivity contribution is -0.240. The van der Waals surface area contributed by atoms with E-state index in [1.54, 1.807) is 0 Å². The fraction of sp³-hybridized carbons (Fsp3) is 0.400. The fourth-order valence-electron chi connectivity index (χ4n) is 1.03. The van der Waals surface area contributed by atoms with Gasteiger partial charge in [0.15, 0.2) is 0 Å². The van der Waals surface area contributed by atoms with E-state index in [1.165, 1.54) is 5.56 Å². The van der Waals surface area contributed by atoms with E-state index in [4.69, 9.17) is 9.99 Å². The summed E-state index contributed by atoms with van der Waals surface area (Å²) in [5.41, 5.74) is 1.17. The lowest BCUT2D eigenvalue weighted by atomic mass is 10.2. The van der Waals surface area contributed by atoms with E-state index >= 15 is 0 Å². The molecule has 0 radical (unpaired) electrons. The van der Waals surface area contributed by atoms with Gasteiger partial charge in [-0.05, 0) is 24.6 Å². The van der Waals surface area contributed by atoms with Gasteiger partial charge in [0.25, 0.3) is 0 Å². The van der Waals surface area contributed by atoms with Gasteiger partial charge in [-0.1, -0.05) is 12.1 Å². The van der Waals surface area contributed by atoms with Gasteiger partial charge in [-0.25, -0.2) is 4.89 Å². The maximum Gasteiger partial charge on any atom is 0.139 e. The molecule has 78 valence electrons. The Morgan fingerprint density at radius 1 is 1.43 bits per heavy atom. The SMILES string of the molecule is Cc1cccc(OCNCCOO)c1. The van der Waals surface area contributed by atoms with Crippen LogP contribution in [0, 0.1) is 6.92 Å². The molecule has 0 aliphatic carbocycles.